The standard InChI is InChI=1S/C15H15BrClNO2/c1-15(2,3)20-14(19)18(17)13-9-8-12(16)10-6-4-5-7-11(10)13/h4-9H,1-3H3. The minimum absolute atomic E-state index is 0.588. The third kappa shape index (κ3) is 3.25. The van der Waals surface area contributed by atoms with Crippen LogP contribution in [0.2, 0.25) is 0 Å². The molecule has 2 aromatic carbocycles. The maximum atomic E-state index is 12.0. The van der Waals surface area contributed by atoms with Gasteiger partial charge in [0.1, 0.15) is 5.60 Å². The van der Waals surface area contributed by atoms with E-state index in [1.807, 2.05) is 30.3 Å². The smallest absolute Gasteiger partial charge is 0.429 e. The molecule has 0 saturated carbocycles. The van der Waals surface area contributed by atoms with Gasteiger partial charge in [-0.3, -0.25) is 0 Å². The molecule has 20 heavy (non-hydrogen) atoms. The summed E-state index contributed by atoms with van der Waals surface area (Å²) in [7, 11) is 0. The Kier molecular flexibility index (Phi) is 4.25. The number of amides is 1. The fourth-order valence-corrected chi connectivity index (χ4v) is 2.48. The van der Waals surface area contributed by atoms with Crippen LogP contribution in [-0.2, 0) is 4.74 Å². The van der Waals surface area contributed by atoms with Crippen LogP contribution in [0.15, 0.2) is 40.9 Å². The van der Waals surface area contributed by atoms with Crippen molar-refractivity contribution in [3.05, 3.63) is 40.9 Å². The first-order chi connectivity index (χ1) is 9.29. The lowest BCUT2D eigenvalue weighted by Crippen LogP contribution is -2.31. The molecule has 2 rings (SSSR count). The number of carbonyl (C=O) groups is 1. The van der Waals surface area contributed by atoms with Crippen LogP contribution in [0.1, 0.15) is 20.8 Å². The van der Waals surface area contributed by atoms with Gasteiger partial charge in [0.05, 0.1) is 5.69 Å². The zero-order chi connectivity index (χ0) is 14.9. The number of nitrogens with zero attached hydrogens (tertiary/aromatic N) is 1. The molecule has 0 N–H and O–H groups in total. The topological polar surface area (TPSA) is 29.5 Å². The largest absolute Gasteiger partial charge is 0.443 e. The summed E-state index contributed by atoms with van der Waals surface area (Å²) in [5.74, 6) is 0. The molecule has 0 aromatic heterocycles. The van der Waals surface area contributed by atoms with Crippen LogP contribution in [0.25, 0.3) is 10.8 Å². The summed E-state index contributed by atoms with van der Waals surface area (Å²) in [5.41, 5.74) is 0.00905. The number of rotatable bonds is 1. The van der Waals surface area contributed by atoms with E-state index in [1.54, 1.807) is 26.8 Å². The maximum Gasteiger partial charge on any atom is 0.429 e. The summed E-state index contributed by atoms with van der Waals surface area (Å²) in [6, 6.07) is 11.3. The molecule has 0 aliphatic carbocycles. The second-order valence-electron chi connectivity index (χ2n) is 5.37. The van der Waals surface area contributed by atoms with E-state index in [0.29, 0.717) is 5.69 Å². The third-order valence-corrected chi connectivity index (χ3v) is 3.62. The van der Waals surface area contributed by atoms with E-state index in [4.69, 9.17) is 16.5 Å². The predicted octanol–water partition coefficient (Wildman–Crippen LogP) is 5.50. The van der Waals surface area contributed by atoms with Gasteiger partial charge in [0, 0.05) is 21.6 Å². The molecule has 2 aromatic rings. The first-order valence-corrected chi connectivity index (χ1v) is 7.29. The van der Waals surface area contributed by atoms with Crippen molar-refractivity contribution in [1.82, 2.24) is 0 Å². The molecule has 0 fully saturated rings. The van der Waals surface area contributed by atoms with E-state index in [2.05, 4.69) is 15.9 Å². The van der Waals surface area contributed by atoms with Crippen LogP contribution in [0.5, 0.6) is 0 Å². The lowest BCUT2D eigenvalue weighted by molar-refractivity contribution is 0.0609. The van der Waals surface area contributed by atoms with E-state index >= 15 is 0 Å². The summed E-state index contributed by atoms with van der Waals surface area (Å²) in [5, 5.41) is 1.86. The minimum atomic E-state index is -0.591. The Morgan fingerprint density at radius 2 is 1.75 bits per heavy atom. The second kappa shape index (κ2) is 5.62. The number of anilines is 1. The fourth-order valence-electron chi connectivity index (χ4n) is 1.82. The number of carbonyl (C=O) groups excluding carboxylic acids is 1. The summed E-state index contributed by atoms with van der Waals surface area (Å²) < 4.78 is 7.24. The lowest BCUT2D eigenvalue weighted by Gasteiger charge is -2.23. The van der Waals surface area contributed by atoms with Gasteiger partial charge in [-0.2, -0.15) is 4.42 Å². The zero-order valence-electron chi connectivity index (χ0n) is 11.5. The summed E-state index contributed by atoms with van der Waals surface area (Å²) in [6.45, 7) is 5.40. The Balaban J connectivity index is 2.43. The fraction of sp³-hybridized carbons (Fsp3) is 0.267. The van der Waals surface area contributed by atoms with E-state index in [-0.39, 0.29) is 0 Å². The summed E-state index contributed by atoms with van der Waals surface area (Å²) in [4.78, 5) is 12.0. The van der Waals surface area contributed by atoms with Crippen molar-refractivity contribution in [3.8, 4) is 0 Å². The van der Waals surface area contributed by atoms with Gasteiger partial charge in [0.15, 0.2) is 0 Å². The Bertz CT molecular complexity index is 652. The number of hydrogen-bond donors (Lipinski definition) is 0. The minimum Gasteiger partial charge on any atom is -0.443 e. The normalized spacial score (nSPS) is 11.4. The summed E-state index contributed by atoms with van der Waals surface area (Å²) in [6.07, 6.45) is -0.591. The molecule has 0 spiro atoms. The Labute approximate surface area is 131 Å². The number of fused-ring (bicyclic) bond motifs is 1. The third-order valence-electron chi connectivity index (χ3n) is 2.61. The molecule has 0 radical (unpaired) electrons. The van der Waals surface area contributed by atoms with Crippen LogP contribution in [0.4, 0.5) is 10.5 Å². The van der Waals surface area contributed by atoms with E-state index < -0.39 is 11.7 Å². The number of hydrogen-bond acceptors (Lipinski definition) is 2. The quantitative estimate of drug-likeness (QED) is 0.632. The van der Waals surface area contributed by atoms with Crippen molar-refractivity contribution < 1.29 is 9.53 Å². The summed E-state index contributed by atoms with van der Waals surface area (Å²) >= 11 is 9.63. The van der Waals surface area contributed by atoms with E-state index in [9.17, 15) is 4.79 Å². The number of benzene rings is 2. The first kappa shape index (κ1) is 15.1. The molecule has 0 heterocycles. The highest BCUT2D eigenvalue weighted by atomic mass is 79.9. The molecule has 1 amide bonds. The van der Waals surface area contributed by atoms with Crippen LogP contribution >= 0.6 is 27.7 Å². The maximum absolute atomic E-state index is 12.0. The van der Waals surface area contributed by atoms with Crippen molar-refractivity contribution in [2.75, 3.05) is 4.42 Å². The zero-order valence-corrected chi connectivity index (χ0v) is 13.8. The predicted molar refractivity (Wildman–Crippen MR) is 86.2 cm³/mol. The Hall–Kier alpha value is -1.26. The van der Waals surface area contributed by atoms with Gasteiger partial charge < -0.3 is 4.74 Å². The van der Waals surface area contributed by atoms with Crippen molar-refractivity contribution >= 4 is 50.3 Å². The molecule has 0 aliphatic rings. The molecule has 106 valence electrons. The van der Waals surface area contributed by atoms with Crippen molar-refractivity contribution in [2.45, 2.75) is 26.4 Å². The van der Waals surface area contributed by atoms with Gasteiger partial charge >= 0.3 is 6.09 Å². The molecule has 0 unspecified atom stereocenters. The molecule has 5 heteroatoms. The SMILES string of the molecule is CC(C)(C)OC(=O)N(Cl)c1ccc(Br)c2ccccc12. The van der Waals surface area contributed by atoms with Crippen molar-refractivity contribution in [2.24, 2.45) is 0 Å². The van der Waals surface area contributed by atoms with Gasteiger partial charge in [-0.25, -0.2) is 4.79 Å². The van der Waals surface area contributed by atoms with Gasteiger partial charge in [-0.1, -0.05) is 40.2 Å². The van der Waals surface area contributed by atoms with E-state index in [1.165, 1.54) is 0 Å². The van der Waals surface area contributed by atoms with Gasteiger partial charge in [0.25, 0.3) is 0 Å². The molecule has 3 nitrogen and oxygen atoms in total. The van der Waals surface area contributed by atoms with Crippen LogP contribution < -0.4 is 4.42 Å². The van der Waals surface area contributed by atoms with Crippen molar-refractivity contribution in [1.29, 1.82) is 0 Å². The van der Waals surface area contributed by atoms with Crippen LogP contribution in [-0.4, -0.2) is 11.7 Å². The highest BCUT2D eigenvalue weighted by Crippen LogP contribution is 2.33. The second-order valence-corrected chi connectivity index (χ2v) is 6.57. The Morgan fingerprint density at radius 1 is 1.15 bits per heavy atom. The van der Waals surface area contributed by atoms with Crippen LogP contribution in [0, 0.1) is 0 Å². The highest BCUT2D eigenvalue weighted by molar-refractivity contribution is 9.10. The van der Waals surface area contributed by atoms with Gasteiger partial charge in [0.2, 0.25) is 0 Å². The monoisotopic (exact) mass is 355 g/mol. The lowest BCUT2D eigenvalue weighted by atomic mass is 10.1. The molecule has 0 atom stereocenters. The van der Waals surface area contributed by atoms with Gasteiger partial charge in [-0.05, 0) is 38.3 Å². The molecule has 0 saturated heterocycles. The Morgan fingerprint density at radius 3 is 2.35 bits per heavy atom. The molecule has 0 bridgehead atoms. The van der Waals surface area contributed by atoms with Gasteiger partial charge in [-0.15, -0.1) is 0 Å². The average molecular weight is 357 g/mol. The number of ether oxygens (including phenoxy) is 1. The van der Waals surface area contributed by atoms with Crippen LogP contribution in [0.3, 0.4) is 0 Å². The molecule has 0 aliphatic heterocycles. The number of halogens is 2. The highest BCUT2D eigenvalue weighted by Gasteiger charge is 2.23. The van der Waals surface area contributed by atoms with Crippen molar-refractivity contribution in [3.63, 3.8) is 0 Å². The molecular formula is C15H15BrClNO2. The van der Waals surface area contributed by atoms with E-state index in [0.717, 1.165) is 19.7 Å². The molecular weight excluding hydrogens is 342 g/mol. The first-order valence-electron chi connectivity index (χ1n) is 6.16. The average Bonchev–Trinajstić information content (AvgIpc) is 2.37.